The predicted octanol–water partition coefficient (Wildman–Crippen LogP) is 1.69. The Labute approximate surface area is 118 Å². The van der Waals surface area contributed by atoms with Gasteiger partial charge in [0.15, 0.2) is 0 Å². The number of rotatable bonds is 3. The highest BCUT2D eigenvalue weighted by molar-refractivity contribution is 7.09. The van der Waals surface area contributed by atoms with Gasteiger partial charge in [-0.15, -0.1) is 11.3 Å². The fourth-order valence-electron chi connectivity index (χ4n) is 3.13. The Hall–Kier alpha value is -0.940. The molecule has 1 aromatic rings. The van der Waals surface area contributed by atoms with Crippen molar-refractivity contribution in [2.75, 3.05) is 26.2 Å². The molecule has 0 bridgehead atoms. The summed E-state index contributed by atoms with van der Waals surface area (Å²) in [6.45, 7) is 6.26. The van der Waals surface area contributed by atoms with Crippen molar-refractivity contribution >= 4 is 17.2 Å². The monoisotopic (exact) mass is 279 g/mol. The van der Waals surface area contributed by atoms with Crippen LogP contribution in [0.15, 0.2) is 5.38 Å². The maximum absolute atomic E-state index is 12.3. The number of carbonyl (C=O) groups excluding carboxylic acids is 1. The third-order valence-electron chi connectivity index (χ3n) is 4.17. The molecule has 5 heteroatoms. The number of nitrogens with zero attached hydrogens (tertiary/aromatic N) is 3. The van der Waals surface area contributed by atoms with E-state index < -0.39 is 0 Å². The highest BCUT2D eigenvalue weighted by Gasteiger charge is 2.31. The molecule has 1 unspecified atom stereocenters. The Morgan fingerprint density at radius 1 is 1.42 bits per heavy atom. The van der Waals surface area contributed by atoms with Crippen LogP contribution in [0.5, 0.6) is 0 Å². The van der Waals surface area contributed by atoms with Crippen LogP contribution in [-0.4, -0.2) is 52.9 Å². The van der Waals surface area contributed by atoms with E-state index >= 15 is 0 Å². The molecule has 0 spiro atoms. The lowest BCUT2D eigenvalue weighted by atomic mass is 10.2. The first-order valence-corrected chi connectivity index (χ1v) is 8.03. The van der Waals surface area contributed by atoms with Crippen LogP contribution in [0, 0.1) is 6.92 Å². The van der Waals surface area contributed by atoms with Gasteiger partial charge in [-0.05, 0) is 39.3 Å². The number of carbonyl (C=O) groups is 1. The number of hydrogen-bond acceptors (Lipinski definition) is 4. The number of thiazole rings is 1. The zero-order valence-electron chi connectivity index (χ0n) is 11.5. The number of likely N-dealkylation sites (tertiary alicyclic amines) is 2. The normalized spacial score (nSPS) is 24.3. The van der Waals surface area contributed by atoms with E-state index in [1.165, 1.54) is 25.9 Å². The summed E-state index contributed by atoms with van der Waals surface area (Å²) < 4.78 is 0. The first-order chi connectivity index (χ1) is 9.22. The predicted molar refractivity (Wildman–Crippen MR) is 76.3 cm³/mol. The lowest BCUT2D eigenvalue weighted by molar-refractivity contribution is -0.129. The second-order valence-corrected chi connectivity index (χ2v) is 6.62. The average Bonchev–Trinajstić information content (AvgIpc) is 3.08. The Kier molecular flexibility index (Phi) is 3.84. The average molecular weight is 279 g/mol. The Bertz CT molecular complexity index is 453. The van der Waals surface area contributed by atoms with Gasteiger partial charge in [0.25, 0.3) is 0 Å². The van der Waals surface area contributed by atoms with Crippen LogP contribution in [0.25, 0.3) is 0 Å². The zero-order valence-corrected chi connectivity index (χ0v) is 12.3. The van der Waals surface area contributed by atoms with Gasteiger partial charge in [-0.2, -0.15) is 0 Å². The molecule has 0 aliphatic carbocycles. The van der Waals surface area contributed by atoms with Crippen LogP contribution < -0.4 is 0 Å². The lowest BCUT2D eigenvalue weighted by Gasteiger charge is -2.23. The molecule has 104 valence electrons. The van der Waals surface area contributed by atoms with Gasteiger partial charge in [0.1, 0.15) is 0 Å². The van der Waals surface area contributed by atoms with E-state index in [4.69, 9.17) is 0 Å². The maximum Gasteiger partial charge on any atom is 0.228 e. The summed E-state index contributed by atoms with van der Waals surface area (Å²) in [5.41, 5.74) is 0.928. The van der Waals surface area contributed by atoms with Crippen molar-refractivity contribution in [2.45, 2.75) is 38.6 Å². The topological polar surface area (TPSA) is 36.4 Å². The largest absolute Gasteiger partial charge is 0.341 e. The van der Waals surface area contributed by atoms with Crippen molar-refractivity contribution in [1.82, 2.24) is 14.8 Å². The summed E-state index contributed by atoms with van der Waals surface area (Å²) in [6.07, 6.45) is 4.25. The molecule has 2 aliphatic heterocycles. The molecule has 0 N–H and O–H groups in total. The summed E-state index contributed by atoms with van der Waals surface area (Å²) in [6, 6.07) is 0.601. The van der Waals surface area contributed by atoms with Crippen LogP contribution in [0.3, 0.4) is 0 Å². The number of aromatic nitrogens is 1. The molecule has 2 aliphatic rings. The van der Waals surface area contributed by atoms with Crippen molar-refractivity contribution in [2.24, 2.45) is 0 Å². The standard InChI is InChI=1S/C14H21N3OS/c1-11-15-12(10-19-11)8-14(18)17-7-4-13(9-17)16-5-2-3-6-16/h10,13H,2-9H2,1H3. The van der Waals surface area contributed by atoms with Crippen molar-refractivity contribution in [3.8, 4) is 0 Å². The van der Waals surface area contributed by atoms with Gasteiger partial charge in [-0.1, -0.05) is 0 Å². The number of amides is 1. The SMILES string of the molecule is Cc1nc(CC(=O)N2CCC(N3CCCC3)C2)cs1. The molecule has 0 radical (unpaired) electrons. The van der Waals surface area contributed by atoms with Crippen LogP contribution in [0.1, 0.15) is 30.0 Å². The fraction of sp³-hybridized carbons (Fsp3) is 0.714. The van der Waals surface area contributed by atoms with Crippen molar-refractivity contribution < 1.29 is 4.79 Å². The molecule has 3 rings (SSSR count). The minimum absolute atomic E-state index is 0.243. The van der Waals surface area contributed by atoms with Crippen LogP contribution in [-0.2, 0) is 11.2 Å². The molecule has 1 amide bonds. The third-order valence-corrected chi connectivity index (χ3v) is 4.99. The lowest BCUT2D eigenvalue weighted by Crippen LogP contribution is -2.37. The van der Waals surface area contributed by atoms with Gasteiger partial charge in [-0.3, -0.25) is 9.69 Å². The zero-order chi connectivity index (χ0) is 13.2. The molecular weight excluding hydrogens is 258 g/mol. The highest BCUT2D eigenvalue weighted by Crippen LogP contribution is 2.21. The quantitative estimate of drug-likeness (QED) is 0.845. The summed E-state index contributed by atoms with van der Waals surface area (Å²) in [4.78, 5) is 21.2. The summed E-state index contributed by atoms with van der Waals surface area (Å²) in [7, 11) is 0. The second kappa shape index (κ2) is 5.59. The minimum Gasteiger partial charge on any atom is -0.341 e. The first kappa shape index (κ1) is 13.1. The summed E-state index contributed by atoms with van der Waals surface area (Å²) in [5.74, 6) is 0.243. The molecule has 1 atom stereocenters. The number of hydrogen-bond donors (Lipinski definition) is 0. The van der Waals surface area contributed by atoms with E-state index in [2.05, 4.69) is 9.88 Å². The molecule has 2 saturated heterocycles. The molecule has 2 fully saturated rings. The van der Waals surface area contributed by atoms with E-state index in [1.807, 2.05) is 17.2 Å². The number of aryl methyl sites for hydroxylation is 1. The second-order valence-electron chi connectivity index (χ2n) is 5.56. The maximum atomic E-state index is 12.3. The van der Waals surface area contributed by atoms with Crippen LogP contribution >= 0.6 is 11.3 Å². The van der Waals surface area contributed by atoms with E-state index in [9.17, 15) is 4.79 Å². The molecular formula is C14H21N3OS. The molecule has 1 aromatic heterocycles. The molecule has 0 saturated carbocycles. The Morgan fingerprint density at radius 3 is 2.89 bits per heavy atom. The highest BCUT2D eigenvalue weighted by atomic mass is 32.1. The van der Waals surface area contributed by atoms with Gasteiger partial charge in [-0.25, -0.2) is 4.98 Å². The fourth-order valence-corrected chi connectivity index (χ4v) is 3.74. The molecule has 0 aromatic carbocycles. The minimum atomic E-state index is 0.243. The van der Waals surface area contributed by atoms with E-state index in [-0.39, 0.29) is 5.91 Å². The smallest absolute Gasteiger partial charge is 0.228 e. The van der Waals surface area contributed by atoms with E-state index in [0.717, 1.165) is 30.2 Å². The molecule has 19 heavy (non-hydrogen) atoms. The van der Waals surface area contributed by atoms with Crippen LogP contribution in [0.2, 0.25) is 0 Å². The first-order valence-electron chi connectivity index (χ1n) is 7.15. The van der Waals surface area contributed by atoms with E-state index in [1.54, 1.807) is 11.3 Å². The molecule has 4 nitrogen and oxygen atoms in total. The van der Waals surface area contributed by atoms with E-state index in [0.29, 0.717) is 12.5 Å². The molecule has 3 heterocycles. The van der Waals surface area contributed by atoms with Crippen molar-refractivity contribution in [1.29, 1.82) is 0 Å². The summed E-state index contributed by atoms with van der Waals surface area (Å²) >= 11 is 1.62. The third kappa shape index (κ3) is 2.98. The van der Waals surface area contributed by atoms with Crippen molar-refractivity contribution in [3.63, 3.8) is 0 Å². The van der Waals surface area contributed by atoms with Gasteiger partial charge in [0.2, 0.25) is 5.91 Å². The van der Waals surface area contributed by atoms with Gasteiger partial charge >= 0.3 is 0 Å². The Morgan fingerprint density at radius 2 is 2.21 bits per heavy atom. The summed E-state index contributed by atoms with van der Waals surface area (Å²) in [5, 5.41) is 3.04. The Balaban J connectivity index is 1.53. The van der Waals surface area contributed by atoms with Gasteiger partial charge in [0, 0.05) is 24.5 Å². The van der Waals surface area contributed by atoms with Crippen LogP contribution in [0.4, 0.5) is 0 Å². The van der Waals surface area contributed by atoms with Crippen molar-refractivity contribution in [3.05, 3.63) is 16.1 Å². The van der Waals surface area contributed by atoms with Gasteiger partial charge < -0.3 is 4.90 Å². The van der Waals surface area contributed by atoms with Gasteiger partial charge in [0.05, 0.1) is 17.1 Å².